The summed E-state index contributed by atoms with van der Waals surface area (Å²) in [4.78, 5) is 27.8. The van der Waals surface area contributed by atoms with Crippen LogP contribution in [0.5, 0.6) is 0 Å². The zero-order valence-electron chi connectivity index (χ0n) is 23.8. The third-order valence-electron chi connectivity index (χ3n) is 7.43. The van der Waals surface area contributed by atoms with E-state index in [4.69, 9.17) is 9.47 Å². The Morgan fingerprint density at radius 2 is 1.90 bits per heavy atom. The van der Waals surface area contributed by atoms with Gasteiger partial charge in [-0.2, -0.15) is 0 Å². The molecule has 11 heteroatoms. The second-order valence-corrected chi connectivity index (χ2v) is 11.0. The summed E-state index contributed by atoms with van der Waals surface area (Å²) in [6, 6.07) is 3.48. The number of allylic oxidation sites excluding steroid dienone is 3. The molecule has 8 nitrogen and oxygen atoms in total. The van der Waals surface area contributed by atoms with Crippen molar-refractivity contribution in [2.24, 2.45) is 0 Å². The van der Waals surface area contributed by atoms with Gasteiger partial charge in [-0.1, -0.05) is 17.4 Å². The molecular formula is C29H38F2N4O4S. The molecule has 0 aliphatic heterocycles. The van der Waals surface area contributed by atoms with E-state index in [-0.39, 0.29) is 18.3 Å². The second-order valence-electron chi connectivity index (χ2n) is 9.90. The van der Waals surface area contributed by atoms with E-state index < -0.39 is 17.2 Å². The molecule has 1 aliphatic rings. The van der Waals surface area contributed by atoms with Crippen molar-refractivity contribution >= 4 is 29.6 Å². The van der Waals surface area contributed by atoms with Crippen LogP contribution in [-0.2, 0) is 25.5 Å². The lowest BCUT2D eigenvalue weighted by atomic mass is 9.78. The van der Waals surface area contributed by atoms with Crippen molar-refractivity contribution in [3.8, 4) is 0 Å². The SMILES string of the molecule is CCOC1CCC(CN(/C=C(\C)c2nnc(Cc3ccc(F)cc3F)s2)/C(C)=C(\C=O)OC)(N(C=O)CC)CC1. The minimum Gasteiger partial charge on any atom is -0.492 e. The van der Waals surface area contributed by atoms with E-state index in [0.29, 0.717) is 47.3 Å². The van der Waals surface area contributed by atoms with E-state index in [9.17, 15) is 18.4 Å². The number of hydrogen-bond acceptors (Lipinski definition) is 8. The third kappa shape index (κ3) is 7.51. The van der Waals surface area contributed by atoms with E-state index in [2.05, 4.69) is 10.2 Å². The quantitative estimate of drug-likeness (QED) is 0.170. The first-order valence-corrected chi connectivity index (χ1v) is 14.3. The number of aldehydes is 1. The van der Waals surface area contributed by atoms with Crippen LogP contribution in [-0.4, -0.2) is 71.1 Å². The molecule has 0 atom stereocenters. The van der Waals surface area contributed by atoms with Crippen LogP contribution in [0.2, 0.25) is 0 Å². The first-order chi connectivity index (χ1) is 19.2. The Hall–Kier alpha value is -3.18. The summed E-state index contributed by atoms with van der Waals surface area (Å²) >= 11 is 1.31. The number of amides is 1. The van der Waals surface area contributed by atoms with Gasteiger partial charge in [-0.05, 0) is 65.0 Å². The van der Waals surface area contributed by atoms with Gasteiger partial charge in [0.05, 0.1) is 24.4 Å². The van der Waals surface area contributed by atoms with Crippen molar-refractivity contribution in [3.05, 3.63) is 63.1 Å². The van der Waals surface area contributed by atoms with Gasteiger partial charge in [0.1, 0.15) is 21.6 Å². The van der Waals surface area contributed by atoms with E-state index in [1.54, 1.807) is 6.92 Å². The highest BCUT2D eigenvalue weighted by atomic mass is 32.1. The number of halogens is 2. The Morgan fingerprint density at radius 1 is 1.18 bits per heavy atom. The molecule has 40 heavy (non-hydrogen) atoms. The molecule has 0 saturated heterocycles. The first-order valence-electron chi connectivity index (χ1n) is 13.5. The maximum atomic E-state index is 14.2. The van der Waals surface area contributed by atoms with Gasteiger partial charge in [0.15, 0.2) is 12.0 Å². The molecular weight excluding hydrogens is 538 g/mol. The van der Waals surface area contributed by atoms with Crippen LogP contribution in [0.3, 0.4) is 0 Å². The van der Waals surface area contributed by atoms with E-state index in [1.807, 2.05) is 36.8 Å². The smallest absolute Gasteiger partial charge is 0.210 e. The molecule has 1 heterocycles. The average molecular weight is 577 g/mol. The van der Waals surface area contributed by atoms with Gasteiger partial charge in [0.2, 0.25) is 6.41 Å². The van der Waals surface area contributed by atoms with Gasteiger partial charge in [-0.15, -0.1) is 10.2 Å². The van der Waals surface area contributed by atoms with E-state index in [0.717, 1.165) is 43.7 Å². The third-order valence-corrected chi connectivity index (χ3v) is 8.49. The summed E-state index contributed by atoms with van der Waals surface area (Å²) in [5.41, 5.74) is 1.23. The molecule has 3 rings (SSSR count). The maximum Gasteiger partial charge on any atom is 0.210 e. The van der Waals surface area contributed by atoms with Crippen molar-refractivity contribution in [1.82, 2.24) is 20.0 Å². The van der Waals surface area contributed by atoms with E-state index in [1.165, 1.54) is 30.6 Å². The number of carbonyl (C=O) groups is 2. The summed E-state index contributed by atoms with van der Waals surface area (Å²) in [5, 5.41) is 9.72. The first kappa shape index (κ1) is 31.3. The molecule has 1 amide bonds. The minimum atomic E-state index is -0.632. The van der Waals surface area contributed by atoms with Crippen LogP contribution >= 0.6 is 11.3 Å². The van der Waals surface area contributed by atoms with Gasteiger partial charge in [-0.25, -0.2) is 8.78 Å². The van der Waals surface area contributed by atoms with Crippen molar-refractivity contribution < 1.29 is 27.8 Å². The highest BCUT2D eigenvalue weighted by molar-refractivity contribution is 7.12. The fraction of sp³-hybridized carbons (Fsp3) is 0.517. The van der Waals surface area contributed by atoms with Gasteiger partial charge in [0, 0.05) is 44.0 Å². The number of aromatic nitrogens is 2. The normalized spacial score (nSPS) is 20.1. The number of ether oxygens (including phenoxy) is 2. The predicted octanol–water partition coefficient (Wildman–Crippen LogP) is 5.34. The van der Waals surface area contributed by atoms with Gasteiger partial charge in [0.25, 0.3) is 0 Å². The molecule has 2 aromatic rings. The minimum absolute atomic E-state index is 0.154. The fourth-order valence-electron chi connectivity index (χ4n) is 5.19. The summed E-state index contributed by atoms with van der Waals surface area (Å²) in [5.74, 6) is -1.08. The maximum absolute atomic E-state index is 14.2. The van der Waals surface area contributed by atoms with Gasteiger partial charge < -0.3 is 19.3 Å². The Balaban J connectivity index is 1.94. The monoisotopic (exact) mass is 576 g/mol. The van der Waals surface area contributed by atoms with Crippen LogP contribution in [0.4, 0.5) is 8.78 Å². The molecule has 218 valence electrons. The average Bonchev–Trinajstić information content (AvgIpc) is 3.41. The number of nitrogens with zero attached hydrogens (tertiary/aromatic N) is 4. The Kier molecular flexibility index (Phi) is 11.3. The molecule has 0 spiro atoms. The lowest BCUT2D eigenvalue weighted by Crippen LogP contribution is -2.56. The molecule has 0 N–H and O–H groups in total. The van der Waals surface area contributed by atoms with Crippen LogP contribution in [0.15, 0.2) is 35.9 Å². The summed E-state index contributed by atoms with van der Waals surface area (Å²) in [6.07, 6.45) is 6.93. The van der Waals surface area contributed by atoms with Crippen molar-refractivity contribution in [1.29, 1.82) is 0 Å². The topological polar surface area (TPSA) is 84.9 Å². The number of rotatable bonds is 14. The van der Waals surface area contributed by atoms with Crippen LogP contribution in [0.1, 0.15) is 69.0 Å². The molecule has 0 unspecified atom stereocenters. The summed E-state index contributed by atoms with van der Waals surface area (Å²) in [6.45, 7) is 9.25. The lowest BCUT2D eigenvalue weighted by molar-refractivity contribution is -0.127. The van der Waals surface area contributed by atoms with Crippen molar-refractivity contribution in [3.63, 3.8) is 0 Å². The van der Waals surface area contributed by atoms with Crippen LogP contribution < -0.4 is 0 Å². The predicted molar refractivity (Wildman–Crippen MR) is 150 cm³/mol. The molecule has 1 aromatic heterocycles. The highest BCUT2D eigenvalue weighted by Gasteiger charge is 2.41. The molecule has 1 aromatic carbocycles. The largest absolute Gasteiger partial charge is 0.492 e. The Labute approximate surface area is 238 Å². The van der Waals surface area contributed by atoms with Crippen LogP contribution in [0.25, 0.3) is 5.57 Å². The molecule has 0 radical (unpaired) electrons. The van der Waals surface area contributed by atoms with Crippen molar-refractivity contribution in [2.45, 2.75) is 71.4 Å². The standard InChI is InChI=1S/C29H38F2N4O4S/c1-6-35(19-37)29(12-10-24(11-13-29)39-7-2)18-34(21(4)26(17-36)38-5)16-20(3)28-33-32-27(40-28)14-22-8-9-23(30)15-25(22)31/h8-9,15-17,19,24H,6-7,10-14,18H2,1-5H3/b20-16+,26-21+. The number of methoxy groups -OCH3 is 1. The summed E-state index contributed by atoms with van der Waals surface area (Å²) in [7, 11) is 1.44. The molecule has 0 bridgehead atoms. The van der Waals surface area contributed by atoms with E-state index >= 15 is 0 Å². The van der Waals surface area contributed by atoms with Gasteiger partial charge >= 0.3 is 0 Å². The van der Waals surface area contributed by atoms with Crippen molar-refractivity contribution in [2.75, 3.05) is 26.8 Å². The number of carbonyl (C=O) groups excluding carboxylic acids is 2. The number of hydrogen-bond donors (Lipinski definition) is 0. The highest BCUT2D eigenvalue weighted by Crippen LogP contribution is 2.37. The zero-order chi connectivity index (χ0) is 29.3. The number of benzene rings is 1. The summed E-state index contributed by atoms with van der Waals surface area (Å²) < 4.78 is 38.7. The Morgan fingerprint density at radius 3 is 2.48 bits per heavy atom. The number of likely N-dealkylation sites (N-methyl/N-ethyl adjacent to an activating group) is 1. The molecule has 1 saturated carbocycles. The van der Waals surface area contributed by atoms with Crippen LogP contribution in [0, 0.1) is 11.6 Å². The second kappa shape index (κ2) is 14.5. The molecule has 1 fully saturated rings. The Bertz CT molecular complexity index is 1220. The van der Waals surface area contributed by atoms with Gasteiger partial charge in [-0.3, -0.25) is 9.59 Å². The lowest BCUT2D eigenvalue weighted by Gasteiger charge is -2.48. The molecule has 1 aliphatic carbocycles. The fourth-order valence-corrected chi connectivity index (χ4v) is 6.02. The zero-order valence-corrected chi connectivity index (χ0v) is 24.6.